The number of benzene rings is 4. The van der Waals surface area contributed by atoms with Gasteiger partial charge in [0.1, 0.15) is 6.29 Å². The fourth-order valence-corrected chi connectivity index (χ4v) is 3.33. The molecule has 4 rings (SSSR count). The van der Waals surface area contributed by atoms with Gasteiger partial charge in [0.25, 0.3) is 0 Å². The van der Waals surface area contributed by atoms with Gasteiger partial charge in [0.15, 0.2) is 0 Å². The van der Waals surface area contributed by atoms with Crippen LogP contribution in [0.5, 0.6) is 0 Å². The molecule has 4 aromatic carbocycles. The molecule has 4 aromatic rings. The summed E-state index contributed by atoms with van der Waals surface area (Å²) in [6.07, 6.45) is 5.12. The number of aryl methyl sites for hydroxylation is 1. The van der Waals surface area contributed by atoms with E-state index in [4.69, 9.17) is 0 Å². The van der Waals surface area contributed by atoms with Gasteiger partial charge in [0, 0.05) is 22.6 Å². The van der Waals surface area contributed by atoms with Gasteiger partial charge in [-0.25, -0.2) is 0 Å². The number of hydrogen-bond donors (Lipinski definition) is 0. The number of nitrogens with zero attached hydrogens (tertiary/aromatic N) is 1. The zero-order valence-corrected chi connectivity index (χ0v) is 16.9. The van der Waals surface area contributed by atoms with Gasteiger partial charge >= 0.3 is 0 Å². The molecular formula is C28H23NO. The van der Waals surface area contributed by atoms with Crippen LogP contribution in [0.4, 0.5) is 17.1 Å². The number of para-hydroxylation sites is 1. The molecule has 0 fully saturated rings. The summed E-state index contributed by atoms with van der Waals surface area (Å²) >= 11 is 0. The molecule has 2 heteroatoms. The molecule has 0 amide bonds. The maximum Gasteiger partial charge on any atom is 0.150 e. The van der Waals surface area contributed by atoms with Crippen LogP contribution in [0, 0.1) is 6.92 Å². The molecular weight excluding hydrogens is 366 g/mol. The zero-order chi connectivity index (χ0) is 20.8. The molecule has 0 saturated carbocycles. The number of anilines is 3. The van der Waals surface area contributed by atoms with Crippen LogP contribution in [0.3, 0.4) is 0 Å². The van der Waals surface area contributed by atoms with Crippen LogP contribution in [0.15, 0.2) is 103 Å². The third kappa shape index (κ3) is 4.56. The maximum absolute atomic E-state index is 11.0. The Morgan fingerprint density at radius 1 is 0.533 bits per heavy atom. The van der Waals surface area contributed by atoms with E-state index in [2.05, 4.69) is 84.6 Å². The van der Waals surface area contributed by atoms with Crippen LogP contribution < -0.4 is 4.90 Å². The molecule has 2 nitrogen and oxygen atoms in total. The van der Waals surface area contributed by atoms with E-state index in [9.17, 15) is 4.79 Å². The molecule has 0 spiro atoms. The van der Waals surface area contributed by atoms with Crippen LogP contribution in [0.2, 0.25) is 0 Å². The first-order valence-electron chi connectivity index (χ1n) is 9.98. The van der Waals surface area contributed by atoms with Crippen molar-refractivity contribution in [1.82, 2.24) is 0 Å². The lowest BCUT2D eigenvalue weighted by atomic mass is 10.1. The molecule has 0 aliphatic carbocycles. The Kier molecular flexibility index (Phi) is 5.86. The second-order valence-corrected chi connectivity index (χ2v) is 7.22. The predicted octanol–water partition coefficient (Wildman–Crippen LogP) is 7.45. The SMILES string of the molecule is Cc1ccc(C=Cc2ccc(N(c3ccccc3)c3ccc(C=O)cc3)cc2)cc1. The molecule has 0 saturated heterocycles. The van der Waals surface area contributed by atoms with E-state index in [0.717, 1.165) is 28.9 Å². The van der Waals surface area contributed by atoms with Crippen molar-refractivity contribution in [3.8, 4) is 0 Å². The van der Waals surface area contributed by atoms with Crippen molar-refractivity contribution in [1.29, 1.82) is 0 Å². The lowest BCUT2D eigenvalue weighted by Crippen LogP contribution is -2.09. The Morgan fingerprint density at radius 2 is 0.967 bits per heavy atom. The van der Waals surface area contributed by atoms with Crippen LogP contribution in [-0.2, 0) is 0 Å². The summed E-state index contributed by atoms with van der Waals surface area (Å²) in [4.78, 5) is 13.2. The molecule has 30 heavy (non-hydrogen) atoms. The van der Waals surface area contributed by atoms with Crippen molar-refractivity contribution in [2.45, 2.75) is 6.92 Å². The van der Waals surface area contributed by atoms with Gasteiger partial charge in [0.05, 0.1) is 0 Å². The first-order valence-corrected chi connectivity index (χ1v) is 9.98. The Hall–Kier alpha value is -3.91. The number of hydrogen-bond acceptors (Lipinski definition) is 2. The van der Waals surface area contributed by atoms with E-state index in [-0.39, 0.29) is 0 Å². The first kappa shape index (κ1) is 19.4. The van der Waals surface area contributed by atoms with E-state index in [0.29, 0.717) is 5.56 Å². The molecule has 0 radical (unpaired) electrons. The summed E-state index contributed by atoms with van der Waals surface area (Å²) < 4.78 is 0. The fraction of sp³-hybridized carbons (Fsp3) is 0.0357. The topological polar surface area (TPSA) is 20.3 Å². The quantitative estimate of drug-likeness (QED) is 0.252. The Bertz CT molecular complexity index is 1130. The minimum atomic E-state index is 0.670. The first-order chi connectivity index (χ1) is 14.7. The van der Waals surface area contributed by atoms with Crippen LogP contribution >= 0.6 is 0 Å². The van der Waals surface area contributed by atoms with Gasteiger partial charge in [0.2, 0.25) is 0 Å². The molecule has 0 aliphatic rings. The minimum absolute atomic E-state index is 0.670. The van der Waals surface area contributed by atoms with Crippen molar-refractivity contribution in [3.05, 3.63) is 125 Å². The Balaban J connectivity index is 1.63. The van der Waals surface area contributed by atoms with E-state index < -0.39 is 0 Å². The summed E-state index contributed by atoms with van der Waals surface area (Å²) in [5.74, 6) is 0. The Labute approximate surface area is 177 Å². The third-order valence-electron chi connectivity index (χ3n) is 5.00. The third-order valence-corrected chi connectivity index (χ3v) is 5.00. The van der Waals surface area contributed by atoms with Gasteiger partial charge in [-0.2, -0.15) is 0 Å². The molecule has 0 heterocycles. The summed E-state index contributed by atoms with van der Waals surface area (Å²) in [7, 11) is 0. The van der Waals surface area contributed by atoms with Gasteiger partial charge < -0.3 is 4.90 Å². The van der Waals surface area contributed by atoms with E-state index in [1.165, 1.54) is 11.1 Å². The lowest BCUT2D eigenvalue weighted by Gasteiger charge is -2.25. The second kappa shape index (κ2) is 9.06. The lowest BCUT2D eigenvalue weighted by molar-refractivity contribution is 0.112. The molecule has 0 N–H and O–H groups in total. The highest BCUT2D eigenvalue weighted by Crippen LogP contribution is 2.34. The largest absolute Gasteiger partial charge is 0.311 e. The highest BCUT2D eigenvalue weighted by molar-refractivity contribution is 5.81. The average molecular weight is 389 g/mol. The van der Waals surface area contributed by atoms with Crippen LogP contribution in [0.25, 0.3) is 12.2 Å². The maximum atomic E-state index is 11.0. The fourth-order valence-electron chi connectivity index (χ4n) is 3.33. The van der Waals surface area contributed by atoms with Crippen molar-refractivity contribution in [2.24, 2.45) is 0 Å². The predicted molar refractivity (Wildman–Crippen MR) is 127 cm³/mol. The monoisotopic (exact) mass is 389 g/mol. The number of rotatable bonds is 6. The summed E-state index contributed by atoms with van der Waals surface area (Å²) in [5, 5.41) is 0. The summed E-state index contributed by atoms with van der Waals surface area (Å²) in [6.45, 7) is 2.09. The smallest absolute Gasteiger partial charge is 0.150 e. The summed E-state index contributed by atoms with van der Waals surface area (Å²) in [5.41, 5.74) is 7.40. The average Bonchev–Trinajstić information content (AvgIpc) is 2.81. The van der Waals surface area contributed by atoms with Gasteiger partial charge in [-0.05, 0) is 66.6 Å². The van der Waals surface area contributed by atoms with Crippen molar-refractivity contribution >= 4 is 35.5 Å². The van der Waals surface area contributed by atoms with E-state index in [1.54, 1.807) is 0 Å². The van der Waals surface area contributed by atoms with Crippen molar-refractivity contribution < 1.29 is 4.79 Å². The molecule has 0 aliphatic heterocycles. The molecule has 0 bridgehead atoms. The highest BCUT2D eigenvalue weighted by atomic mass is 16.1. The van der Waals surface area contributed by atoms with Gasteiger partial charge in [-0.3, -0.25) is 4.79 Å². The van der Waals surface area contributed by atoms with E-state index in [1.807, 2.05) is 42.5 Å². The number of aldehydes is 1. The minimum Gasteiger partial charge on any atom is -0.311 e. The van der Waals surface area contributed by atoms with Crippen LogP contribution in [0.1, 0.15) is 27.0 Å². The molecule has 146 valence electrons. The molecule has 0 atom stereocenters. The van der Waals surface area contributed by atoms with E-state index >= 15 is 0 Å². The van der Waals surface area contributed by atoms with Gasteiger partial charge in [-0.1, -0.05) is 72.3 Å². The second-order valence-electron chi connectivity index (χ2n) is 7.22. The highest BCUT2D eigenvalue weighted by Gasteiger charge is 2.11. The number of carbonyl (C=O) groups excluding carboxylic acids is 1. The van der Waals surface area contributed by atoms with Crippen molar-refractivity contribution in [2.75, 3.05) is 4.90 Å². The summed E-state index contributed by atoms with van der Waals surface area (Å²) in [6, 6.07) is 34.8. The standard InChI is InChI=1S/C28H23NO/c1-22-7-9-23(10-8-22)11-12-24-13-17-27(18-14-24)29(26-5-3-2-4-6-26)28-19-15-25(21-30)16-20-28/h2-21H,1H3. The molecule has 0 aromatic heterocycles. The van der Waals surface area contributed by atoms with Crippen LogP contribution in [-0.4, -0.2) is 6.29 Å². The normalized spacial score (nSPS) is 10.8. The van der Waals surface area contributed by atoms with Gasteiger partial charge in [-0.15, -0.1) is 0 Å². The molecule has 0 unspecified atom stereocenters. The number of carbonyl (C=O) groups is 1. The zero-order valence-electron chi connectivity index (χ0n) is 16.9. The Morgan fingerprint density at radius 3 is 1.47 bits per heavy atom. The van der Waals surface area contributed by atoms with Crippen molar-refractivity contribution in [3.63, 3.8) is 0 Å².